The minimum atomic E-state index is -0.940. The van der Waals surface area contributed by atoms with Gasteiger partial charge in [0.15, 0.2) is 0 Å². The van der Waals surface area contributed by atoms with Crippen LogP contribution in [0.15, 0.2) is 53.6 Å². The lowest BCUT2D eigenvalue weighted by Crippen LogP contribution is -2.08. The van der Waals surface area contributed by atoms with E-state index in [4.69, 9.17) is 0 Å². The Bertz CT molecular complexity index is 795. The lowest BCUT2D eigenvalue weighted by molar-refractivity contribution is 0.0693. The van der Waals surface area contributed by atoms with Crippen LogP contribution in [0.1, 0.15) is 10.4 Å². The number of carbonyl (C=O) groups is 1. The average molecular weight is 284 g/mol. The van der Waals surface area contributed by atoms with Crippen molar-refractivity contribution in [3.8, 4) is 5.69 Å². The summed E-state index contributed by atoms with van der Waals surface area (Å²) in [5.74, 6) is -0.940. The molecule has 0 atom stereocenters. The van der Waals surface area contributed by atoms with Gasteiger partial charge in [-0.3, -0.25) is 0 Å². The summed E-state index contributed by atoms with van der Waals surface area (Å²) in [7, 11) is 0. The molecule has 5 heteroatoms. The number of hydrogen-bond donors (Lipinski definition) is 1. The van der Waals surface area contributed by atoms with E-state index in [9.17, 15) is 9.90 Å². The largest absolute Gasteiger partial charge is 0.478 e. The van der Waals surface area contributed by atoms with Crippen LogP contribution in [0.2, 0.25) is 0 Å². The maximum atomic E-state index is 11.6. The maximum Gasteiger partial charge on any atom is 0.339 e. The zero-order chi connectivity index (χ0) is 14.1. The Morgan fingerprint density at radius 1 is 1.20 bits per heavy atom. The topological polar surface area (TPSA) is 55.1 Å². The Labute approximate surface area is 120 Å². The molecule has 0 fully saturated rings. The minimum absolute atomic E-state index is 0.286. The third kappa shape index (κ3) is 1.96. The second kappa shape index (κ2) is 5.02. The Kier molecular flexibility index (Phi) is 3.20. The SMILES string of the molecule is CSc1cccc(-n2ncc3ccccc32)c1C(=O)O. The van der Waals surface area contributed by atoms with E-state index in [0.717, 1.165) is 15.8 Å². The smallest absolute Gasteiger partial charge is 0.339 e. The highest BCUT2D eigenvalue weighted by atomic mass is 32.2. The van der Waals surface area contributed by atoms with Crippen LogP contribution in [0.4, 0.5) is 0 Å². The van der Waals surface area contributed by atoms with Crippen LogP contribution >= 0.6 is 11.8 Å². The highest BCUT2D eigenvalue weighted by Crippen LogP contribution is 2.28. The van der Waals surface area contributed by atoms with Crippen LogP contribution in [-0.2, 0) is 0 Å². The van der Waals surface area contributed by atoms with Crippen molar-refractivity contribution in [2.24, 2.45) is 0 Å². The molecule has 20 heavy (non-hydrogen) atoms. The van der Waals surface area contributed by atoms with E-state index < -0.39 is 5.97 Å². The first-order chi connectivity index (χ1) is 9.72. The minimum Gasteiger partial charge on any atom is -0.478 e. The third-order valence-corrected chi connectivity index (χ3v) is 3.92. The molecule has 0 spiro atoms. The molecule has 100 valence electrons. The molecule has 4 nitrogen and oxygen atoms in total. The molecular formula is C15H12N2O2S. The summed E-state index contributed by atoms with van der Waals surface area (Å²) >= 11 is 1.42. The lowest BCUT2D eigenvalue weighted by Gasteiger charge is -2.10. The van der Waals surface area contributed by atoms with Crippen LogP contribution < -0.4 is 0 Å². The van der Waals surface area contributed by atoms with Crippen LogP contribution in [0.5, 0.6) is 0 Å². The van der Waals surface area contributed by atoms with Crippen molar-refractivity contribution in [1.82, 2.24) is 9.78 Å². The fourth-order valence-corrected chi connectivity index (χ4v) is 2.86. The molecule has 3 aromatic rings. The van der Waals surface area contributed by atoms with Gasteiger partial charge in [-0.15, -0.1) is 11.8 Å². The molecule has 3 rings (SSSR count). The van der Waals surface area contributed by atoms with E-state index in [1.807, 2.05) is 42.7 Å². The van der Waals surface area contributed by atoms with E-state index in [1.165, 1.54) is 11.8 Å². The molecule has 1 aromatic heterocycles. The number of rotatable bonds is 3. The molecule has 0 aliphatic heterocycles. The number of carboxylic acid groups (broad SMARTS) is 1. The van der Waals surface area contributed by atoms with Gasteiger partial charge in [0, 0.05) is 10.3 Å². The summed E-state index contributed by atoms with van der Waals surface area (Å²) in [6.45, 7) is 0. The van der Waals surface area contributed by atoms with Gasteiger partial charge >= 0.3 is 5.97 Å². The number of hydrogen-bond acceptors (Lipinski definition) is 3. The van der Waals surface area contributed by atoms with Crippen LogP contribution in [0.3, 0.4) is 0 Å². The van der Waals surface area contributed by atoms with Gasteiger partial charge in [-0.1, -0.05) is 24.3 Å². The molecule has 0 aliphatic rings. The first kappa shape index (κ1) is 12.7. The summed E-state index contributed by atoms with van der Waals surface area (Å²) < 4.78 is 1.68. The average Bonchev–Trinajstić information content (AvgIpc) is 2.90. The van der Waals surface area contributed by atoms with Crippen molar-refractivity contribution in [2.75, 3.05) is 6.26 Å². The molecule has 1 heterocycles. The van der Waals surface area contributed by atoms with Crippen molar-refractivity contribution in [1.29, 1.82) is 0 Å². The van der Waals surface area contributed by atoms with Gasteiger partial charge in [0.1, 0.15) is 0 Å². The predicted octanol–water partition coefficient (Wildman–Crippen LogP) is 3.45. The summed E-state index contributed by atoms with van der Waals surface area (Å²) in [5.41, 5.74) is 1.77. The number of nitrogens with zero attached hydrogens (tertiary/aromatic N) is 2. The highest BCUT2D eigenvalue weighted by Gasteiger charge is 2.18. The third-order valence-electron chi connectivity index (χ3n) is 3.14. The van der Waals surface area contributed by atoms with Gasteiger partial charge in [-0.2, -0.15) is 5.10 Å². The molecular weight excluding hydrogens is 272 g/mol. The fraction of sp³-hybridized carbons (Fsp3) is 0.0667. The number of carboxylic acids is 1. The second-order valence-corrected chi connectivity index (χ2v) is 5.12. The molecule has 0 radical (unpaired) electrons. The Morgan fingerprint density at radius 3 is 2.75 bits per heavy atom. The number of fused-ring (bicyclic) bond motifs is 1. The fourth-order valence-electron chi connectivity index (χ4n) is 2.24. The Morgan fingerprint density at radius 2 is 2.00 bits per heavy atom. The standard InChI is InChI=1S/C15H12N2O2S/c1-20-13-8-4-7-12(14(13)15(18)19)17-11-6-3-2-5-10(11)9-16-17/h2-9H,1H3,(H,18,19). The molecule has 0 saturated heterocycles. The second-order valence-electron chi connectivity index (χ2n) is 4.27. The van der Waals surface area contributed by atoms with Crippen molar-refractivity contribution in [3.05, 3.63) is 54.2 Å². The van der Waals surface area contributed by atoms with E-state index >= 15 is 0 Å². The monoisotopic (exact) mass is 284 g/mol. The van der Waals surface area contributed by atoms with Gasteiger partial charge in [0.25, 0.3) is 0 Å². The zero-order valence-corrected chi connectivity index (χ0v) is 11.6. The van der Waals surface area contributed by atoms with Crippen LogP contribution in [0.25, 0.3) is 16.6 Å². The summed E-state index contributed by atoms with van der Waals surface area (Å²) in [4.78, 5) is 12.3. The molecule has 0 aliphatic carbocycles. The number of thioether (sulfide) groups is 1. The summed E-state index contributed by atoms with van der Waals surface area (Å²) in [5, 5.41) is 14.8. The summed E-state index contributed by atoms with van der Waals surface area (Å²) in [6, 6.07) is 13.2. The molecule has 0 amide bonds. The maximum absolute atomic E-state index is 11.6. The Hall–Kier alpha value is -2.27. The predicted molar refractivity (Wildman–Crippen MR) is 79.8 cm³/mol. The van der Waals surface area contributed by atoms with Gasteiger partial charge in [-0.25, -0.2) is 9.48 Å². The molecule has 1 N–H and O–H groups in total. The zero-order valence-electron chi connectivity index (χ0n) is 10.8. The molecule has 0 saturated carbocycles. The number of para-hydroxylation sites is 1. The van der Waals surface area contributed by atoms with Crippen molar-refractivity contribution >= 4 is 28.6 Å². The lowest BCUT2D eigenvalue weighted by atomic mass is 10.1. The van der Waals surface area contributed by atoms with E-state index in [0.29, 0.717) is 5.69 Å². The number of benzene rings is 2. The first-order valence-corrected chi connectivity index (χ1v) is 7.28. The van der Waals surface area contributed by atoms with Crippen molar-refractivity contribution in [2.45, 2.75) is 4.90 Å². The quantitative estimate of drug-likeness (QED) is 0.748. The van der Waals surface area contributed by atoms with Gasteiger partial charge in [0.2, 0.25) is 0 Å². The molecule has 0 unspecified atom stereocenters. The van der Waals surface area contributed by atoms with Crippen molar-refractivity contribution in [3.63, 3.8) is 0 Å². The van der Waals surface area contributed by atoms with E-state index in [2.05, 4.69) is 5.10 Å². The number of aromatic carboxylic acids is 1. The Balaban J connectivity index is 2.32. The van der Waals surface area contributed by atoms with Crippen molar-refractivity contribution < 1.29 is 9.90 Å². The van der Waals surface area contributed by atoms with Gasteiger partial charge in [-0.05, 0) is 24.5 Å². The summed E-state index contributed by atoms with van der Waals surface area (Å²) in [6.07, 6.45) is 3.61. The normalized spacial score (nSPS) is 10.8. The number of aromatic nitrogens is 2. The molecule has 2 aromatic carbocycles. The molecule has 0 bridgehead atoms. The van der Waals surface area contributed by atoms with Crippen LogP contribution in [0, 0.1) is 0 Å². The van der Waals surface area contributed by atoms with E-state index in [-0.39, 0.29) is 5.56 Å². The van der Waals surface area contributed by atoms with E-state index in [1.54, 1.807) is 16.9 Å². The highest BCUT2D eigenvalue weighted by molar-refractivity contribution is 7.98. The van der Waals surface area contributed by atoms with Crippen LogP contribution in [-0.4, -0.2) is 27.1 Å². The first-order valence-electron chi connectivity index (χ1n) is 6.06. The van der Waals surface area contributed by atoms with Gasteiger partial charge in [0.05, 0.1) is 23.0 Å². The van der Waals surface area contributed by atoms with Gasteiger partial charge < -0.3 is 5.11 Å².